The van der Waals surface area contributed by atoms with E-state index in [0.29, 0.717) is 30.9 Å². The van der Waals surface area contributed by atoms with E-state index in [1.54, 1.807) is 11.0 Å². The molecule has 0 unspecified atom stereocenters. The predicted molar refractivity (Wildman–Crippen MR) is 136 cm³/mol. The van der Waals surface area contributed by atoms with Crippen LogP contribution in [0.2, 0.25) is 0 Å². The van der Waals surface area contributed by atoms with Gasteiger partial charge in [0.2, 0.25) is 0 Å². The van der Waals surface area contributed by atoms with Gasteiger partial charge >= 0.3 is 6.03 Å². The van der Waals surface area contributed by atoms with Gasteiger partial charge in [-0.2, -0.15) is 0 Å². The zero-order chi connectivity index (χ0) is 23.8. The average molecular weight is 455 g/mol. The topological polar surface area (TPSA) is 48.5 Å². The molecular weight excluding hydrogens is 427 g/mol. The fourth-order valence-corrected chi connectivity index (χ4v) is 4.69. The third kappa shape index (κ3) is 4.19. The van der Waals surface area contributed by atoms with Crippen molar-refractivity contribution in [2.24, 2.45) is 0 Å². The molecule has 5 rings (SSSR count). The van der Waals surface area contributed by atoms with Crippen LogP contribution >= 0.6 is 0 Å². The highest BCUT2D eigenvalue weighted by Gasteiger charge is 2.30. The van der Waals surface area contributed by atoms with Crippen molar-refractivity contribution in [2.75, 3.05) is 30.4 Å². The molecule has 4 aromatic rings. The van der Waals surface area contributed by atoms with Crippen LogP contribution in [-0.4, -0.2) is 36.1 Å². The summed E-state index contributed by atoms with van der Waals surface area (Å²) in [5.41, 5.74) is 6.18. The van der Waals surface area contributed by atoms with Crippen molar-refractivity contribution in [3.8, 4) is 11.1 Å². The van der Waals surface area contributed by atoms with Crippen molar-refractivity contribution in [3.63, 3.8) is 0 Å². The molecule has 0 bridgehead atoms. The highest BCUT2D eigenvalue weighted by Crippen LogP contribution is 2.31. The minimum Gasteiger partial charge on any atom is -0.373 e. The largest absolute Gasteiger partial charge is 0.373 e. The number of hydrogen-bond acceptors (Lipinski definition) is 3. The molecule has 0 saturated carbocycles. The molecule has 2 amide bonds. The number of anilines is 2. The van der Waals surface area contributed by atoms with Crippen molar-refractivity contribution < 1.29 is 9.18 Å². The molecule has 1 aliphatic heterocycles. The number of carbonyl (C=O) groups excluding carboxylic acids is 1. The molecule has 1 aromatic heterocycles. The van der Waals surface area contributed by atoms with E-state index in [1.807, 2.05) is 48.3 Å². The highest BCUT2D eigenvalue weighted by atomic mass is 19.1. The Balaban J connectivity index is 1.36. The van der Waals surface area contributed by atoms with Gasteiger partial charge in [-0.3, -0.25) is 4.90 Å². The minimum absolute atomic E-state index is 0.0940. The maximum atomic E-state index is 15.2. The number of nitrogens with one attached hydrogen (secondary N) is 1. The Labute approximate surface area is 198 Å². The molecule has 6 heteroatoms. The molecule has 5 nitrogen and oxygen atoms in total. The Hall–Kier alpha value is -3.93. The quantitative estimate of drug-likeness (QED) is 0.394. The molecule has 0 aliphatic carbocycles. The second kappa shape index (κ2) is 8.78. The number of fused-ring (bicyclic) bond motifs is 1. The van der Waals surface area contributed by atoms with Gasteiger partial charge in [0.25, 0.3) is 0 Å². The van der Waals surface area contributed by atoms with Gasteiger partial charge in [0.1, 0.15) is 11.6 Å². The van der Waals surface area contributed by atoms with Crippen LogP contribution in [0.5, 0.6) is 0 Å². The van der Waals surface area contributed by atoms with Crippen LogP contribution in [0.15, 0.2) is 66.7 Å². The Morgan fingerprint density at radius 1 is 0.941 bits per heavy atom. The molecule has 172 valence electrons. The first-order valence-electron chi connectivity index (χ1n) is 11.4. The van der Waals surface area contributed by atoms with Gasteiger partial charge in [-0.05, 0) is 67.4 Å². The summed E-state index contributed by atoms with van der Waals surface area (Å²) in [4.78, 5) is 21.0. The third-order valence-corrected chi connectivity index (χ3v) is 6.27. The van der Waals surface area contributed by atoms with E-state index in [9.17, 15) is 4.79 Å². The number of amides is 2. The van der Waals surface area contributed by atoms with Crippen molar-refractivity contribution in [1.82, 2.24) is 9.88 Å². The number of carbonyl (C=O) groups is 1. The van der Waals surface area contributed by atoms with E-state index in [2.05, 4.69) is 42.3 Å². The molecule has 34 heavy (non-hydrogen) atoms. The lowest BCUT2D eigenvalue weighted by atomic mass is 10.0. The molecule has 2 heterocycles. The molecule has 0 radical (unpaired) electrons. The van der Waals surface area contributed by atoms with E-state index in [-0.39, 0.29) is 11.8 Å². The SMILES string of the molecule is CNc1ccc2cc(-c3ccc(N4CCN(Cc5cc(C)cc(C)c5)C4=O)cc3F)ccc2n1. The number of hydrogen-bond donors (Lipinski definition) is 1. The summed E-state index contributed by atoms with van der Waals surface area (Å²) in [5, 5.41) is 3.97. The van der Waals surface area contributed by atoms with Gasteiger partial charge in [0.15, 0.2) is 0 Å². The molecule has 1 N–H and O–H groups in total. The Kier molecular flexibility index (Phi) is 5.65. The van der Waals surface area contributed by atoms with E-state index in [0.717, 1.165) is 27.8 Å². The molecular formula is C28H27FN4O. The van der Waals surface area contributed by atoms with Gasteiger partial charge in [-0.15, -0.1) is 0 Å². The molecule has 3 aromatic carbocycles. The van der Waals surface area contributed by atoms with Crippen molar-refractivity contribution in [3.05, 3.63) is 89.2 Å². The molecule has 1 aliphatic rings. The minimum atomic E-state index is -0.350. The number of urea groups is 1. The number of pyridine rings is 1. The molecule has 1 fully saturated rings. The normalized spacial score (nSPS) is 13.7. The Morgan fingerprint density at radius 2 is 1.74 bits per heavy atom. The number of rotatable bonds is 5. The lowest BCUT2D eigenvalue weighted by molar-refractivity contribution is 0.218. The van der Waals surface area contributed by atoms with Gasteiger partial charge in [0, 0.05) is 43.3 Å². The van der Waals surface area contributed by atoms with Crippen LogP contribution < -0.4 is 10.2 Å². The maximum absolute atomic E-state index is 15.2. The van der Waals surface area contributed by atoms with Crippen molar-refractivity contribution in [1.29, 1.82) is 0 Å². The number of nitrogens with zero attached hydrogens (tertiary/aromatic N) is 3. The van der Waals surface area contributed by atoms with Crippen LogP contribution in [0.25, 0.3) is 22.0 Å². The van der Waals surface area contributed by atoms with Crippen LogP contribution in [0.3, 0.4) is 0 Å². The maximum Gasteiger partial charge on any atom is 0.324 e. The fraction of sp³-hybridized carbons (Fsp3) is 0.214. The second-order valence-electron chi connectivity index (χ2n) is 8.87. The zero-order valence-corrected chi connectivity index (χ0v) is 19.6. The lowest BCUT2D eigenvalue weighted by Gasteiger charge is -2.20. The summed E-state index contributed by atoms with van der Waals surface area (Å²) in [6, 6.07) is 20.8. The van der Waals surface area contributed by atoms with E-state index in [4.69, 9.17) is 0 Å². The molecule has 0 atom stereocenters. The first-order chi connectivity index (χ1) is 16.4. The Bertz CT molecular complexity index is 1380. The smallest absolute Gasteiger partial charge is 0.324 e. The first-order valence-corrected chi connectivity index (χ1v) is 11.4. The number of aromatic nitrogens is 1. The predicted octanol–water partition coefficient (Wildman–Crippen LogP) is 6.14. The summed E-state index contributed by atoms with van der Waals surface area (Å²) in [7, 11) is 1.83. The van der Waals surface area contributed by atoms with Gasteiger partial charge in [-0.1, -0.05) is 35.4 Å². The lowest BCUT2D eigenvalue weighted by Crippen LogP contribution is -2.31. The van der Waals surface area contributed by atoms with E-state index >= 15 is 4.39 Å². The summed E-state index contributed by atoms with van der Waals surface area (Å²) in [5.74, 6) is 0.440. The first kappa shape index (κ1) is 21.9. The average Bonchev–Trinajstić information content (AvgIpc) is 3.17. The summed E-state index contributed by atoms with van der Waals surface area (Å²) < 4.78 is 15.2. The monoisotopic (exact) mass is 454 g/mol. The van der Waals surface area contributed by atoms with Crippen LogP contribution in [-0.2, 0) is 6.54 Å². The number of aryl methyl sites for hydroxylation is 2. The molecule has 0 spiro atoms. The number of benzene rings is 3. The van der Waals surface area contributed by atoms with Gasteiger partial charge < -0.3 is 10.2 Å². The van der Waals surface area contributed by atoms with Crippen molar-refractivity contribution in [2.45, 2.75) is 20.4 Å². The summed E-state index contributed by atoms with van der Waals surface area (Å²) >= 11 is 0. The van der Waals surface area contributed by atoms with E-state index < -0.39 is 0 Å². The highest BCUT2D eigenvalue weighted by molar-refractivity contribution is 5.94. The number of halogens is 1. The van der Waals surface area contributed by atoms with Crippen LogP contribution in [0.4, 0.5) is 20.7 Å². The Morgan fingerprint density at radius 3 is 2.47 bits per heavy atom. The molecule has 1 saturated heterocycles. The second-order valence-corrected chi connectivity index (χ2v) is 8.87. The standard InChI is InChI=1S/C28H27FN4O/c1-18-12-19(2)14-20(13-18)17-32-10-11-33(28(32)34)23-6-7-24(25(29)16-23)21-4-8-26-22(15-21)5-9-27(30-3)31-26/h4-9,12-16H,10-11,17H2,1-3H3,(H,30,31). The summed E-state index contributed by atoms with van der Waals surface area (Å²) in [6.45, 7) is 5.83. The van der Waals surface area contributed by atoms with Crippen molar-refractivity contribution >= 4 is 28.4 Å². The van der Waals surface area contributed by atoms with Crippen LogP contribution in [0.1, 0.15) is 16.7 Å². The summed E-state index contributed by atoms with van der Waals surface area (Å²) in [6.07, 6.45) is 0. The van der Waals surface area contributed by atoms with Gasteiger partial charge in [-0.25, -0.2) is 14.2 Å². The van der Waals surface area contributed by atoms with Crippen LogP contribution in [0, 0.1) is 19.7 Å². The fourth-order valence-electron chi connectivity index (χ4n) is 4.69. The van der Waals surface area contributed by atoms with Gasteiger partial charge in [0.05, 0.1) is 5.52 Å². The zero-order valence-electron chi connectivity index (χ0n) is 19.6. The van der Waals surface area contributed by atoms with E-state index in [1.165, 1.54) is 17.2 Å². The third-order valence-electron chi connectivity index (χ3n) is 6.27.